The second-order valence-corrected chi connectivity index (χ2v) is 8.19. The van der Waals surface area contributed by atoms with E-state index < -0.39 is 5.56 Å². The number of benzene rings is 1. The Labute approximate surface area is 192 Å². The van der Waals surface area contributed by atoms with Gasteiger partial charge in [-0.25, -0.2) is 9.97 Å². The Morgan fingerprint density at radius 2 is 2.03 bits per heavy atom. The first-order valence-electron chi connectivity index (χ1n) is 11.1. The van der Waals surface area contributed by atoms with Crippen molar-refractivity contribution < 1.29 is 9.84 Å². The number of anilines is 1. The lowest BCUT2D eigenvalue weighted by Crippen LogP contribution is -2.36. The van der Waals surface area contributed by atoms with E-state index in [-0.39, 0.29) is 12.2 Å². The van der Waals surface area contributed by atoms with Gasteiger partial charge < -0.3 is 19.7 Å². The van der Waals surface area contributed by atoms with Gasteiger partial charge in [0.05, 0.1) is 7.11 Å². The summed E-state index contributed by atoms with van der Waals surface area (Å²) in [6.07, 6.45) is 4.76. The fourth-order valence-corrected chi connectivity index (χ4v) is 4.33. The Morgan fingerprint density at radius 1 is 1.24 bits per heavy atom. The van der Waals surface area contributed by atoms with E-state index in [1.165, 1.54) is 0 Å². The maximum Gasteiger partial charge on any atom is 0.271 e. The number of hydrogen-bond donors (Lipinski definition) is 2. The monoisotopic (exact) mass is 445 g/mol. The Hall–Kier alpha value is -3.70. The summed E-state index contributed by atoms with van der Waals surface area (Å²) >= 11 is 0. The van der Waals surface area contributed by atoms with E-state index >= 15 is 0 Å². The zero-order chi connectivity index (χ0) is 23.2. The summed E-state index contributed by atoms with van der Waals surface area (Å²) in [6.45, 7) is 1.61. The SMILES string of the molecule is COc1ccc(-c2ccccc2Cc2nc(N3CCC(CCO)CC3)c(C#N)c(=O)[nH]2)cn1. The van der Waals surface area contributed by atoms with Gasteiger partial charge in [0, 0.05) is 43.9 Å². The number of ether oxygens (including phenoxy) is 1. The highest BCUT2D eigenvalue weighted by molar-refractivity contribution is 5.67. The molecule has 0 bridgehead atoms. The maximum absolute atomic E-state index is 12.7. The molecule has 0 atom stereocenters. The Balaban J connectivity index is 1.63. The van der Waals surface area contributed by atoms with Crippen LogP contribution in [-0.4, -0.2) is 46.9 Å². The van der Waals surface area contributed by atoms with Crippen LogP contribution in [0.5, 0.6) is 5.88 Å². The fourth-order valence-electron chi connectivity index (χ4n) is 4.33. The highest BCUT2D eigenvalue weighted by Gasteiger charge is 2.24. The molecule has 0 unspecified atom stereocenters. The molecule has 3 aromatic rings. The molecule has 4 rings (SSSR count). The average Bonchev–Trinajstić information content (AvgIpc) is 2.85. The van der Waals surface area contributed by atoms with Crippen LogP contribution in [-0.2, 0) is 6.42 Å². The third-order valence-electron chi connectivity index (χ3n) is 6.14. The fraction of sp³-hybridized carbons (Fsp3) is 0.360. The van der Waals surface area contributed by atoms with E-state index in [9.17, 15) is 15.2 Å². The van der Waals surface area contributed by atoms with Gasteiger partial charge in [-0.1, -0.05) is 24.3 Å². The number of rotatable bonds is 7. The van der Waals surface area contributed by atoms with E-state index in [0.717, 1.165) is 36.0 Å². The van der Waals surface area contributed by atoms with Crippen molar-refractivity contribution in [3.63, 3.8) is 0 Å². The van der Waals surface area contributed by atoms with Crippen LogP contribution in [0.1, 0.15) is 36.2 Å². The Bertz CT molecular complexity index is 1190. The van der Waals surface area contributed by atoms with Crippen LogP contribution >= 0.6 is 0 Å². The smallest absolute Gasteiger partial charge is 0.271 e. The lowest BCUT2D eigenvalue weighted by atomic mass is 9.94. The van der Waals surface area contributed by atoms with Crippen molar-refractivity contribution in [3.05, 3.63) is 69.9 Å². The molecule has 2 N–H and O–H groups in total. The van der Waals surface area contributed by atoms with Gasteiger partial charge in [-0.15, -0.1) is 0 Å². The van der Waals surface area contributed by atoms with Gasteiger partial charge in [0.15, 0.2) is 11.4 Å². The summed E-state index contributed by atoms with van der Waals surface area (Å²) < 4.78 is 5.15. The lowest BCUT2D eigenvalue weighted by molar-refractivity contribution is 0.240. The van der Waals surface area contributed by atoms with Crippen molar-refractivity contribution in [1.29, 1.82) is 5.26 Å². The van der Waals surface area contributed by atoms with Crippen molar-refractivity contribution in [2.75, 3.05) is 31.7 Å². The molecule has 8 nitrogen and oxygen atoms in total. The molecule has 0 amide bonds. The molecule has 170 valence electrons. The highest BCUT2D eigenvalue weighted by Crippen LogP contribution is 2.28. The number of pyridine rings is 1. The van der Waals surface area contributed by atoms with Gasteiger partial charge in [0.1, 0.15) is 11.9 Å². The van der Waals surface area contributed by atoms with Crippen LogP contribution in [0.4, 0.5) is 5.82 Å². The number of nitrogens with one attached hydrogen (secondary N) is 1. The van der Waals surface area contributed by atoms with Gasteiger partial charge in [-0.2, -0.15) is 5.26 Å². The van der Waals surface area contributed by atoms with Crippen LogP contribution in [0, 0.1) is 17.2 Å². The zero-order valence-corrected chi connectivity index (χ0v) is 18.6. The second-order valence-electron chi connectivity index (χ2n) is 8.19. The summed E-state index contributed by atoms with van der Waals surface area (Å²) in [5.41, 5.74) is 2.55. The van der Waals surface area contributed by atoms with Crippen LogP contribution < -0.4 is 15.2 Å². The Kier molecular flexibility index (Phi) is 7.01. The number of piperidine rings is 1. The third-order valence-corrected chi connectivity index (χ3v) is 6.14. The first-order chi connectivity index (χ1) is 16.1. The average molecular weight is 446 g/mol. The lowest BCUT2D eigenvalue weighted by Gasteiger charge is -2.33. The van der Waals surface area contributed by atoms with Gasteiger partial charge in [-0.3, -0.25) is 4.79 Å². The van der Waals surface area contributed by atoms with Gasteiger partial charge in [-0.05, 0) is 42.4 Å². The second kappa shape index (κ2) is 10.3. The molecule has 2 aromatic heterocycles. The standard InChI is InChI=1S/C25H27N5O3/c1-33-23-7-6-19(16-27-23)20-5-3-2-4-18(20)14-22-28-24(21(15-26)25(32)29-22)30-11-8-17(9-12-30)10-13-31/h2-7,16-17,31H,8-14H2,1H3,(H,28,29,32). The number of nitriles is 1. The van der Waals surface area contributed by atoms with Crippen LogP contribution in [0.3, 0.4) is 0 Å². The van der Waals surface area contributed by atoms with Crippen LogP contribution in [0.25, 0.3) is 11.1 Å². The summed E-state index contributed by atoms with van der Waals surface area (Å²) in [5, 5.41) is 18.8. The van der Waals surface area contributed by atoms with E-state index in [1.807, 2.05) is 47.4 Å². The number of H-pyrrole nitrogens is 1. The van der Waals surface area contributed by atoms with Gasteiger partial charge in [0.2, 0.25) is 5.88 Å². The number of aliphatic hydroxyl groups excluding tert-OH is 1. The largest absolute Gasteiger partial charge is 0.481 e. The third kappa shape index (κ3) is 5.04. The molecule has 3 heterocycles. The summed E-state index contributed by atoms with van der Waals surface area (Å²) in [6, 6.07) is 13.7. The maximum atomic E-state index is 12.7. The molecule has 1 aliphatic rings. The van der Waals surface area contributed by atoms with Crippen molar-refractivity contribution in [2.45, 2.75) is 25.7 Å². The molecule has 0 spiro atoms. The number of aliphatic hydroxyl groups is 1. The van der Waals surface area contributed by atoms with Gasteiger partial charge in [0.25, 0.3) is 5.56 Å². The topological polar surface area (TPSA) is 115 Å². The minimum absolute atomic E-state index is 0.0481. The summed E-state index contributed by atoms with van der Waals surface area (Å²) in [5.74, 6) is 1.97. The zero-order valence-electron chi connectivity index (χ0n) is 18.6. The molecular formula is C25H27N5O3. The molecule has 8 heteroatoms. The molecule has 1 aromatic carbocycles. The highest BCUT2D eigenvalue weighted by atomic mass is 16.5. The molecule has 0 aliphatic carbocycles. The first kappa shape index (κ1) is 22.5. The molecule has 1 fully saturated rings. The summed E-state index contributed by atoms with van der Waals surface area (Å²) in [7, 11) is 1.58. The van der Waals surface area contributed by atoms with E-state index in [0.29, 0.717) is 43.0 Å². The molecular weight excluding hydrogens is 418 g/mol. The molecule has 1 saturated heterocycles. The predicted octanol–water partition coefficient (Wildman–Crippen LogP) is 2.90. The molecule has 33 heavy (non-hydrogen) atoms. The quantitative estimate of drug-likeness (QED) is 0.574. The Morgan fingerprint density at radius 3 is 2.70 bits per heavy atom. The number of methoxy groups -OCH3 is 1. The minimum Gasteiger partial charge on any atom is -0.481 e. The molecule has 0 saturated carbocycles. The van der Waals surface area contributed by atoms with Crippen molar-refractivity contribution in [1.82, 2.24) is 15.0 Å². The van der Waals surface area contributed by atoms with E-state index in [2.05, 4.69) is 9.97 Å². The summed E-state index contributed by atoms with van der Waals surface area (Å²) in [4.78, 5) is 26.5. The van der Waals surface area contributed by atoms with Crippen molar-refractivity contribution >= 4 is 5.82 Å². The van der Waals surface area contributed by atoms with E-state index in [1.54, 1.807) is 13.3 Å². The molecule has 0 radical (unpaired) electrons. The van der Waals surface area contributed by atoms with Crippen LogP contribution in [0.2, 0.25) is 0 Å². The van der Waals surface area contributed by atoms with E-state index in [4.69, 9.17) is 9.72 Å². The first-order valence-corrected chi connectivity index (χ1v) is 11.1. The number of aromatic amines is 1. The van der Waals surface area contributed by atoms with Gasteiger partial charge >= 0.3 is 0 Å². The number of hydrogen-bond acceptors (Lipinski definition) is 7. The predicted molar refractivity (Wildman–Crippen MR) is 125 cm³/mol. The van der Waals surface area contributed by atoms with Crippen LogP contribution in [0.15, 0.2) is 47.4 Å². The number of aromatic nitrogens is 3. The minimum atomic E-state index is -0.418. The normalized spacial score (nSPS) is 14.2. The molecule has 1 aliphatic heterocycles. The van der Waals surface area contributed by atoms with Crippen molar-refractivity contribution in [3.8, 4) is 23.1 Å². The van der Waals surface area contributed by atoms with Crippen molar-refractivity contribution in [2.24, 2.45) is 5.92 Å². The number of nitrogens with zero attached hydrogens (tertiary/aromatic N) is 4.